The average molecular weight is 402 g/mol. The van der Waals surface area contributed by atoms with Crippen molar-refractivity contribution in [1.29, 1.82) is 0 Å². The van der Waals surface area contributed by atoms with Crippen molar-refractivity contribution in [2.75, 3.05) is 13.2 Å². The highest BCUT2D eigenvalue weighted by Gasteiger charge is 2.18. The van der Waals surface area contributed by atoms with Gasteiger partial charge in [0.25, 0.3) is 11.8 Å². The fraction of sp³-hybridized carbons (Fsp3) is 0.286. The molecule has 2 aromatic rings. The molecular weight excluding hydrogens is 379 g/mol. The highest BCUT2D eigenvalue weighted by atomic mass is 19.1. The molecule has 0 aliphatic carbocycles. The number of hydrogen-bond acceptors (Lipinski definition) is 5. The molecule has 2 amide bonds. The zero-order chi connectivity index (χ0) is 21.2. The molecule has 29 heavy (non-hydrogen) atoms. The van der Waals surface area contributed by atoms with Gasteiger partial charge in [-0.1, -0.05) is 12.1 Å². The number of benzene rings is 2. The molecule has 0 aromatic heterocycles. The average Bonchev–Trinajstić information content (AvgIpc) is 2.72. The molecular formula is C21H23FN2O5. The highest BCUT2D eigenvalue weighted by Crippen LogP contribution is 2.11. The van der Waals surface area contributed by atoms with Crippen molar-refractivity contribution < 1.29 is 28.2 Å². The van der Waals surface area contributed by atoms with Crippen molar-refractivity contribution in [1.82, 2.24) is 10.6 Å². The molecule has 0 aliphatic heterocycles. The number of ether oxygens (including phenoxy) is 2. The summed E-state index contributed by atoms with van der Waals surface area (Å²) in [5.74, 6) is -1.41. The summed E-state index contributed by atoms with van der Waals surface area (Å²) in [7, 11) is 0. The molecule has 2 rings (SSSR count). The molecule has 7 nitrogen and oxygen atoms in total. The van der Waals surface area contributed by atoms with Crippen LogP contribution in [-0.4, -0.2) is 37.0 Å². The van der Waals surface area contributed by atoms with Gasteiger partial charge >= 0.3 is 5.97 Å². The van der Waals surface area contributed by atoms with Crippen LogP contribution in [0.5, 0.6) is 5.75 Å². The minimum atomic E-state index is -1.04. The van der Waals surface area contributed by atoms with E-state index in [1.54, 1.807) is 36.4 Å². The Kier molecular flexibility index (Phi) is 8.14. The number of carbonyl (C=O) groups excluding carboxylic acids is 3. The second kappa shape index (κ2) is 10.8. The highest BCUT2D eigenvalue weighted by molar-refractivity contribution is 5.96. The summed E-state index contributed by atoms with van der Waals surface area (Å²) < 4.78 is 23.2. The van der Waals surface area contributed by atoms with E-state index < -0.39 is 23.9 Å². The van der Waals surface area contributed by atoms with Gasteiger partial charge in [-0.05, 0) is 55.8 Å². The zero-order valence-electron chi connectivity index (χ0n) is 16.2. The van der Waals surface area contributed by atoms with E-state index in [0.717, 1.165) is 0 Å². The molecule has 0 aliphatic rings. The summed E-state index contributed by atoms with van der Waals surface area (Å²) >= 11 is 0. The lowest BCUT2D eigenvalue weighted by Gasteiger charge is -2.14. The van der Waals surface area contributed by atoms with Crippen molar-refractivity contribution in [3.05, 3.63) is 65.5 Å². The number of halogens is 1. The van der Waals surface area contributed by atoms with Gasteiger partial charge in [-0.15, -0.1) is 0 Å². The van der Waals surface area contributed by atoms with Crippen molar-refractivity contribution in [2.45, 2.75) is 26.5 Å². The topological polar surface area (TPSA) is 93.7 Å². The summed E-state index contributed by atoms with van der Waals surface area (Å²) in [4.78, 5) is 35.9. The van der Waals surface area contributed by atoms with Gasteiger partial charge in [-0.25, -0.2) is 4.39 Å². The third-order valence-electron chi connectivity index (χ3n) is 3.88. The van der Waals surface area contributed by atoms with Crippen LogP contribution in [0.1, 0.15) is 29.8 Å². The van der Waals surface area contributed by atoms with Crippen LogP contribution in [0.2, 0.25) is 0 Å². The summed E-state index contributed by atoms with van der Waals surface area (Å²) in [6, 6.07) is 12.1. The van der Waals surface area contributed by atoms with Crippen LogP contribution < -0.4 is 15.4 Å². The van der Waals surface area contributed by atoms with Crippen LogP contribution in [0, 0.1) is 5.82 Å². The maximum Gasteiger partial charge on any atom is 0.326 e. The van der Waals surface area contributed by atoms with Gasteiger partial charge in [-0.2, -0.15) is 0 Å². The number of esters is 1. The van der Waals surface area contributed by atoms with E-state index >= 15 is 0 Å². The molecule has 2 N–H and O–H groups in total. The Balaban J connectivity index is 1.73. The molecule has 8 heteroatoms. The van der Waals surface area contributed by atoms with E-state index in [4.69, 9.17) is 9.47 Å². The summed E-state index contributed by atoms with van der Waals surface area (Å²) in [6.07, 6.45) is -1.04. The Morgan fingerprint density at radius 1 is 1.00 bits per heavy atom. The van der Waals surface area contributed by atoms with Crippen LogP contribution in [0.25, 0.3) is 0 Å². The fourth-order valence-corrected chi connectivity index (χ4v) is 2.35. The maximum atomic E-state index is 12.9. The van der Waals surface area contributed by atoms with E-state index in [0.29, 0.717) is 23.5 Å². The van der Waals surface area contributed by atoms with Crippen LogP contribution in [-0.2, 0) is 20.9 Å². The Labute approximate surface area is 168 Å². The van der Waals surface area contributed by atoms with Gasteiger partial charge in [0.15, 0.2) is 6.10 Å². The first-order chi connectivity index (χ1) is 13.9. The Bertz CT molecular complexity index is 837. The molecule has 0 fully saturated rings. The van der Waals surface area contributed by atoms with Gasteiger partial charge in [0.2, 0.25) is 0 Å². The van der Waals surface area contributed by atoms with Gasteiger partial charge in [0, 0.05) is 12.1 Å². The summed E-state index contributed by atoms with van der Waals surface area (Å²) in [5.41, 5.74) is 1.08. The van der Waals surface area contributed by atoms with Gasteiger partial charge < -0.3 is 20.1 Å². The van der Waals surface area contributed by atoms with E-state index in [9.17, 15) is 18.8 Å². The Hall–Kier alpha value is -3.42. The van der Waals surface area contributed by atoms with Crippen molar-refractivity contribution in [2.24, 2.45) is 0 Å². The predicted octanol–water partition coefficient (Wildman–Crippen LogP) is 2.20. The number of carbonyl (C=O) groups is 3. The molecule has 0 saturated carbocycles. The van der Waals surface area contributed by atoms with Crippen molar-refractivity contribution in [3.8, 4) is 5.75 Å². The zero-order valence-corrected chi connectivity index (χ0v) is 16.2. The largest absolute Gasteiger partial charge is 0.494 e. The van der Waals surface area contributed by atoms with Crippen LogP contribution in [0.15, 0.2) is 48.5 Å². The smallest absolute Gasteiger partial charge is 0.326 e. The summed E-state index contributed by atoms with van der Waals surface area (Å²) in [6.45, 7) is 3.60. The monoisotopic (exact) mass is 402 g/mol. The standard InChI is InChI=1S/C21H23FN2O5/c1-3-28-18-10-6-16(7-11-18)21(27)24-13-19(25)29-14(2)20(26)23-12-15-4-8-17(22)9-5-15/h4-11,14H,3,12-13H2,1-2H3,(H,23,26)(H,24,27). The first-order valence-electron chi connectivity index (χ1n) is 9.11. The van der Waals surface area contributed by atoms with E-state index in [1.807, 2.05) is 6.92 Å². The Morgan fingerprint density at radius 3 is 2.28 bits per heavy atom. The number of nitrogens with one attached hydrogen (secondary N) is 2. The van der Waals surface area contributed by atoms with E-state index in [-0.39, 0.29) is 18.9 Å². The predicted molar refractivity (Wildman–Crippen MR) is 104 cm³/mol. The Morgan fingerprint density at radius 2 is 1.66 bits per heavy atom. The molecule has 154 valence electrons. The quantitative estimate of drug-likeness (QED) is 0.627. The fourth-order valence-electron chi connectivity index (χ4n) is 2.35. The molecule has 1 unspecified atom stereocenters. The SMILES string of the molecule is CCOc1ccc(C(=O)NCC(=O)OC(C)C(=O)NCc2ccc(F)cc2)cc1. The lowest BCUT2D eigenvalue weighted by atomic mass is 10.2. The first-order valence-corrected chi connectivity index (χ1v) is 9.11. The first kappa shape index (κ1) is 21.9. The molecule has 0 heterocycles. The number of amides is 2. The second-order valence-electron chi connectivity index (χ2n) is 6.12. The second-order valence-corrected chi connectivity index (χ2v) is 6.12. The molecule has 0 spiro atoms. The lowest BCUT2D eigenvalue weighted by Crippen LogP contribution is -2.38. The van der Waals surface area contributed by atoms with Crippen LogP contribution in [0.4, 0.5) is 4.39 Å². The minimum Gasteiger partial charge on any atom is -0.494 e. The summed E-state index contributed by atoms with van der Waals surface area (Å²) in [5, 5.41) is 5.03. The molecule has 0 saturated heterocycles. The van der Waals surface area contributed by atoms with E-state index in [2.05, 4.69) is 10.6 Å². The number of rotatable bonds is 9. The van der Waals surface area contributed by atoms with E-state index in [1.165, 1.54) is 19.1 Å². The lowest BCUT2D eigenvalue weighted by molar-refractivity contribution is -0.153. The third kappa shape index (κ3) is 7.25. The van der Waals surface area contributed by atoms with Gasteiger partial charge in [0.1, 0.15) is 18.1 Å². The third-order valence-corrected chi connectivity index (χ3v) is 3.88. The minimum absolute atomic E-state index is 0.176. The molecule has 0 bridgehead atoms. The van der Waals surface area contributed by atoms with Crippen molar-refractivity contribution in [3.63, 3.8) is 0 Å². The van der Waals surface area contributed by atoms with Gasteiger partial charge in [0.05, 0.1) is 6.61 Å². The van der Waals surface area contributed by atoms with Crippen molar-refractivity contribution >= 4 is 17.8 Å². The molecule has 2 aromatic carbocycles. The number of hydrogen-bond donors (Lipinski definition) is 2. The van der Waals surface area contributed by atoms with Crippen LogP contribution >= 0.6 is 0 Å². The molecule has 0 radical (unpaired) electrons. The van der Waals surface area contributed by atoms with Crippen LogP contribution in [0.3, 0.4) is 0 Å². The molecule has 1 atom stereocenters. The van der Waals surface area contributed by atoms with Gasteiger partial charge in [-0.3, -0.25) is 14.4 Å². The maximum absolute atomic E-state index is 12.9. The normalized spacial score (nSPS) is 11.3.